The number of anilines is 1. The van der Waals surface area contributed by atoms with Gasteiger partial charge in [-0.05, 0) is 112 Å². The fourth-order valence-electron chi connectivity index (χ4n) is 7.64. The molecule has 3 aromatic rings. The highest BCUT2D eigenvalue weighted by atomic mass is 35.5. The molecule has 0 radical (unpaired) electrons. The van der Waals surface area contributed by atoms with Gasteiger partial charge in [-0.2, -0.15) is 0 Å². The number of nitrogens with one attached hydrogen (secondary N) is 1. The molecule has 1 fully saturated rings. The number of fused-ring (bicyclic) bond motifs is 3. The van der Waals surface area contributed by atoms with Crippen LogP contribution in [0.25, 0.3) is 0 Å². The van der Waals surface area contributed by atoms with Gasteiger partial charge in [-0.3, -0.25) is 4.79 Å². The average Bonchev–Trinajstić information content (AvgIpc) is 3.19. The SMILES string of the molecule is CC/C=C/[C@@](O)(Cc1ccncn1)[C@@H]1CC[C@H]1CN1C[C@@]2(CCCc3cc(Cl)ccc32)COc2ccc(C(=O)NS(=O)(=O)C(C)C)cc21. The average molecular weight is 693 g/mol. The molecule has 0 unspecified atom stereocenters. The lowest BCUT2D eigenvalue weighted by Crippen LogP contribution is -2.53. The van der Waals surface area contributed by atoms with Crippen molar-refractivity contribution in [1.29, 1.82) is 0 Å². The fourth-order valence-corrected chi connectivity index (χ4v) is 8.45. The Hall–Kier alpha value is -3.47. The van der Waals surface area contributed by atoms with Crippen LogP contribution in [-0.4, -0.2) is 59.9 Å². The molecule has 0 saturated heterocycles. The van der Waals surface area contributed by atoms with Gasteiger partial charge in [0.05, 0.1) is 23.1 Å². The maximum atomic E-state index is 13.3. The Balaban J connectivity index is 1.37. The van der Waals surface area contributed by atoms with E-state index >= 15 is 0 Å². The van der Waals surface area contributed by atoms with Gasteiger partial charge in [0, 0.05) is 47.4 Å². The molecule has 1 saturated carbocycles. The summed E-state index contributed by atoms with van der Waals surface area (Å²) in [6, 6.07) is 13.1. The van der Waals surface area contributed by atoms with E-state index in [4.69, 9.17) is 16.3 Å². The molecule has 4 atom stereocenters. The summed E-state index contributed by atoms with van der Waals surface area (Å²) in [6.07, 6.45) is 13.1. The minimum absolute atomic E-state index is 0.0149. The number of nitrogens with zero attached hydrogens (tertiary/aromatic N) is 3. The second-order valence-electron chi connectivity index (χ2n) is 13.9. The molecule has 256 valence electrons. The van der Waals surface area contributed by atoms with Crippen LogP contribution in [0.2, 0.25) is 5.02 Å². The molecule has 2 N–H and O–H groups in total. The van der Waals surface area contributed by atoms with E-state index in [2.05, 4.69) is 38.6 Å². The van der Waals surface area contributed by atoms with E-state index in [0.717, 1.165) is 49.9 Å². The zero-order chi connectivity index (χ0) is 34.1. The van der Waals surface area contributed by atoms with Crippen LogP contribution in [-0.2, 0) is 28.3 Å². The molecule has 6 rings (SSSR count). The number of amides is 1. The topological polar surface area (TPSA) is 122 Å². The number of aliphatic hydroxyl groups is 1. The number of allylic oxidation sites excluding steroid dienone is 1. The van der Waals surface area contributed by atoms with Crippen LogP contribution < -0.4 is 14.4 Å². The summed E-state index contributed by atoms with van der Waals surface area (Å²) in [6.45, 7) is 6.86. The summed E-state index contributed by atoms with van der Waals surface area (Å²) in [5.74, 6) is 0.107. The van der Waals surface area contributed by atoms with E-state index in [1.54, 1.807) is 24.4 Å². The second kappa shape index (κ2) is 13.8. The number of sulfonamides is 1. The van der Waals surface area contributed by atoms with E-state index in [0.29, 0.717) is 36.9 Å². The normalized spacial score (nSPS) is 23.5. The molecule has 1 aliphatic heterocycles. The van der Waals surface area contributed by atoms with Gasteiger partial charge in [0.25, 0.3) is 5.91 Å². The molecule has 2 aromatic carbocycles. The first-order valence-corrected chi connectivity index (χ1v) is 18.9. The number of carbonyl (C=O) groups excluding carboxylic acids is 1. The lowest BCUT2D eigenvalue weighted by atomic mass is 9.63. The lowest BCUT2D eigenvalue weighted by Gasteiger charge is -2.49. The quantitative estimate of drug-likeness (QED) is 0.247. The van der Waals surface area contributed by atoms with Gasteiger partial charge >= 0.3 is 0 Å². The van der Waals surface area contributed by atoms with Crippen molar-refractivity contribution >= 4 is 33.2 Å². The number of aryl methyl sites for hydroxylation is 1. The Kier molecular flexibility index (Phi) is 9.89. The summed E-state index contributed by atoms with van der Waals surface area (Å²) in [7, 11) is -3.82. The number of hydrogen-bond donors (Lipinski definition) is 2. The van der Waals surface area contributed by atoms with E-state index in [-0.39, 0.29) is 22.8 Å². The van der Waals surface area contributed by atoms with Crippen LogP contribution in [0.3, 0.4) is 0 Å². The van der Waals surface area contributed by atoms with Crippen LogP contribution in [0, 0.1) is 11.8 Å². The molecule has 9 nitrogen and oxygen atoms in total. The molecule has 48 heavy (non-hydrogen) atoms. The molecule has 1 amide bonds. The maximum absolute atomic E-state index is 13.3. The lowest BCUT2D eigenvalue weighted by molar-refractivity contribution is -0.0452. The van der Waals surface area contributed by atoms with E-state index < -0.39 is 26.8 Å². The predicted molar refractivity (Wildman–Crippen MR) is 188 cm³/mol. The number of ether oxygens (including phenoxy) is 1. The third-order valence-electron chi connectivity index (χ3n) is 10.4. The van der Waals surface area contributed by atoms with Crippen LogP contribution in [0.5, 0.6) is 5.75 Å². The zero-order valence-corrected chi connectivity index (χ0v) is 29.4. The molecule has 11 heteroatoms. The second-order valence-corrected chi connectivity index (χ2v) is 16.6. The first-order chi connectivity index (χ1) is 22.9. The summed E-state index contributed by atoms with van der Waals surface area (Å²) in [5.41, 5.74) is 2.83. The van der Waals surface area contributed by atoms with Gasteiger partial charge in [-0.15, -0.1) is 0 Å². The van der Waals surface area contributed by atoms with Gasteiger partial charge in [0.2, 0.25) is 10.0 Å². The Morgan fingerprint density at radius 3 is 2.77 bits per heavy atom. The van der Waals surface area contributed by atoms with Gasteiger partial charge < -0.3 is 14.7 Å². The number of carbonyl (C=O) groups is 1. The van der Waals surface area contributed by atoms with Crippen molar-refractivity contribution in [2.45, 2.75) is 82.0 Å². The van der Waals surface area contributed by atoms with Crippen LogP contribution in [0.4, 0.5) is 5.69 Å². The Morgan fingerprint density at radius 2 is 2.06 bits per heavy atom. The largest absolute Gasteiger partial charge is 0.490 e. The highest BCUT2D eigenvalue weighted by Crippen LogP contribution is 2.48. The molecule has 1 spiro atoms. The zero-order valence-electron chi connectivity index (χ0n) is 27.9. The Bertz CT molecular complexity index is 1790. The number of benzene rings is 2. The first-order valence-electron chi connectivity index (χ1n) is 16.9. The third kappa shape index (κ3) is 6.98. The summed E-state index contributed by atoms with van der Waals surface area (Å²) in [5, 5.41) is 12.2. The Morgan fingerprint density at radius 1 is 1.23 bits per heavy atom. The van der Waals surface area contributed by atoms with Crippen molar-refractivity contribution in [2.24, 2.45) is 11.8 Å². The van der Waals surface area contributed by atoms with Crippen molar-refractivity contribution in [3.63, 3.8) is 0 Å². The minimum atomic E-state index is -3.82. The summed E-state index contributed by atoms with van der Waals surface area (Å²) in [4.78, 5) is 24.0. The number of aromatic nitrogens is 2. The fraction of sp³-hybridized carbons (Fsp3) is 0.486. The van der Waals surface area contributed by atoms with E-state index in [1.165, 1.54) is 31.3 Å². The Labute approximate surface area is 288 Å². The van der Waals surface area contributed by atoms with Crippen LogP contribution >= 0.6 is 11.6 Å². The van der Waals surface area contributed by atoms with Crippen LogP contribution in [0.15, 0.2) is 67.1 Å². The highest BCUT2D eigenvalue weighted by Gasteiger charge is 2.48. The van der Waals surface area contributed by atoms with Crippen molar-refractivity contribution in [2.75, 3.05) is 24.6 Å². The molecular formula is C37H45ClN4O5S. The summed E-state index contributed by atoms with van der Waals surface area (Å²) >= 11 is 6.44. The van der Waals surface area contributed by atoms with Crippen LogP contribution in [0.1, 0.15) is 80.1 Å². The standard InChI is InChI=1S/C37H45ClN4O5S/c1-4-5-16-37(44,20-30-14-17-39-24-40-30)32-11-8-28(32)21-42-22-36(15-6-7-26-18-29(38)10-12-31(26)36)23-47-34-13-9-27(19-33(34)42)35(43)41-48(45,46)25(2)3/h5,9-10,12-14,16-19,24-25,28,32,44H,4,6-8,11,15,20-23H2,1-3H3,(H,41,43)/b16-5+/t28-,32+,36-,37+/m0/s1. The number of rotatable bonds is 10. The van der Waals surface area contributed by atoms with E-state index in [1.807, 2.05) is 24.3 Å². The number of halogens is 1. The van der Waals surface area contributed by atoms with Gasteiger partial charge in [-0.25, -0.2) is 23.1 Å². The highest BCUT2D eigenvalue weighted by molar-refractivity contribution is 7.90. The maximum Gasteiger partial charge on any atom is 0.264 e. The van der Waals surface area contributed by atoms with E-state index in [9.17, 15) is 18.3 Å². The van der Waals surface area contributed by atoms with Gasteiger partial charge in [0.15, 0.2) is 0 Å². The molecule has 2 heterocycles. The third-order valence-corrected chi connectivity index (χ3v) is 12.4. The first kappa shape index (κ1) is 34.4. The van der Waals surface area contributed by atoms with Gasteiger partial charge in [-0.1, -0.05) is 36.7 Å². The van der Waals surface area contributed by atoms with Gasteiger partial charge in [0.1, 0.15) is 12.1 Å². The monoisotopic (exact) mass is 692 g/mol. The van der Waals surface area contributed by atoms with Crippen molar-refractivity contribution in [3.05, 3.63) is 94.5 Å². The smallest absolute Gasteiger partial charge is 0.264 e. The minimum Gasteiger partial charge on any atom is -0.490 e. The van der Waals surface area contributed by atoms with Crippen molar-refractivity contribution in [1.82, 2.24) is 14.7 Å². The molecule has 1 aromatic heterocycles. The molecular weight excluding hydrogens is 648 g/mol. The van der Waals surface area contributed by atoms with Crippen molar-refractivity contribution < 1.29 is 23.1 Å². The van der Waals surface area contributed by atoms with Crippen molar-refractivity contribution in [3.8, 4) is 5.75 Å². The summed E-state index contributed by atoms with van der Waals surface area (Å²) < 4.78 is 34.0. The number of hydrogen-bond acceptors (Lipinski definition) is 8. The molecule has 2 aliphatic carbocycles. The predicted octanol–water partition coefficient (Wildman–Crippen LogP) is 6.04. The molecule has 0 bridgehead atoms. The molecule has 3 aliphatic rings.